The first-order valence-electron chi connectivity index (χ1n) is 4.05. The average Bonchev–Trinajstić information content (AvgIpc) is 2.15. The number of hydrogen-bond donors (Lipinski definition) is 1. The van der Waals surface area contributed by atoms with Crippen LogP contribution in [0.25, 0.3) is 0 Å². The molecule has 0 atom stereocenters. The first-order valence-corrected chi connectivity index (χ1v) is 5.17. The summed E-state index contributed by atoms with van der Waals surface area (Å²) in [4.78, 5) is 21.0. The normalized spacial score (nSPS) is 10.0. The average molecular weight is 274 g/mol. The van der Waals surface area contributed by atoms with Crippen LogP contribution in [0.2, 0.25) is 0 Å². The number of nitro benzene ring substituents is 1. The molecule has 1 N–H and O–H groups in total. The molecule has 0 aliphatic carbocycles. The van der Waals surface area contributed by atoms with Gasteiger partial charge in [-0.3, -0.25) is 10.1 Å². The molecule has 0 bridgehead atoms. The molecule has 0 amide bonds. The van der Waals surface area contributed by atoms with Crippen LogP contribution in [-0.4, -0.2) is 16.0 Å². The standard InChI is InChI=1S/C9H8BrNO4/c1-5-7(9(12)13)3-2-6(4-10)8(5)11(14)15/h2-3H,4H2,1H3,(H,12,13). The summed E-state index contributed by atoms with van der Waals surface area (Å²) in [5.74, 6) is -1.16. The molecule has 0 radical (unpaired) electrons. The smallest absolute Gasteiger partial charge is 0.336 e. The van der Waals surface area contributed by atoms with Gasteiger partial charge in [0.05, 0.1) is 10.5 Å². The molecule has 0 aromatic heterocycles. The van der Waals surface area contributed by atoms with Gasteiger partial charge in [0, 0.05) is 16.5 Å². The molecule has 0 spiro atoms. The zero-order valence-corrected chi connectivity index (χ0v) is 9.44. The third kappa shape index (κ3) is 2.15. The van der Waals surface area contributed by atoms with Gasteiger partial charge in [-0.05, 0) is 13.0 Å². The lowest BCUT2D eigenvalue weighted by Crippen LogP contribution is -2.05. The van der Waals surface area contributed by atoms with Crippen molar-refractivity contribution < 1.29 is 14.8 Å². The third-order valence-corrected chi connectivity index (χ3v) is 2.68. The van der Waals surface area contributed by atoms with Crippen LogP contribution in [0.15, 0.2) is 12.1 Å². The van der Waals surface area contributed by atoms with Gasteiger partial charge in [-0.2, -0.15) is 0 Å². The molecular weight excluding hydrogens is 266 g/mol. The molecule has 1 rings (SSSR count). The monoisotopic (exact) mass is 273 g/mol. The molecule has 0 saturated heterocycles. The van der Waals surface area contributed by atoms with E-state index in [0.717, 1.165) is 0 Å². The Morgan fingerprint density at radius 2 is 2.20 bits per heavy atom. The number of rotatable bonds is 3. The van der Waals surface area contributed by atoms with Crippen LogP contribution in [-0.2, 0) is 5.33 Å². The number of halogens is 1. The van der Waals surface area contributed by atoms with E-state index in [1.54, 1.807) is 0 Å². The second-order valence-corrected chi connectivity index (χ2v) is 3.50. The summed E-state index contributed by atoms with van der Waals surface area (Å²) >= 11 is 3.12. The Hall–Kier alpha value is -1.43. The Balaban J connectivity index is 3.49. The van der Waals surface area contributed by atoms with Crippen molar-refractivity contribution in [2.45, 2.75) is 12.3 Å². The highest BCUT2D eigenvalue weighted by Crippen LogP contribution is 2.28. The lowest BCUT2D eigenvalue weighted by Gasteiger charge is -2.05. The summed E-state index contributed by atoms with van der Waals surface area (Å²) < 4.78 is 0. The first kappa shape index (κ1) is 11.6. The summed E-state index contributed by atoms with van der Waals surface area (Å²) in [5.41, 5.74) is 0.491. The number of aromatic carboxylic acids is 1. The number of carbonyl (C=O) groups is 1. The summed E-state index contributed by atoms with van der Waals surface area (Å²) in [5, 5.41) is 19.9. The van der Waals surface area contributed by atoms with Gasteiger partial charge < -0.3 is 5.11 Å². The van der Waals surface area contributed by atoms with Gasteiger partial charge in [-0.15, -0.1) is 0 Å². The van der Waals surface area contributed by atoms with Crippen molar-refractivity contribution in [1.82, 2.24) is 0 Å². The molecular formula is C9H8BrNO4. The van der Waals surface area contributed by atoms with Crippen LogP contribution < -0.4 is 0 Å². The van der Waals surface area contributed by atoms with Gasteiger partial charge in [-0.1, -0.05) is 22.0 Å². The number of nitrogens with zero attached hydrogens (tertiary/aromatic N) is 1. The number of nitro groups is 1. The van der Waals surface area contributed by atoms with E-state index in [2.05, 4.69) is 15.9 Å². The van der Waals surface area contributed by atoms with E-state index in [0.29, 0.717) is 10.9 Å². The molecule has 1 aromatic rings. The third-order valence-electron chi connectivity index (χ3n) is 2.07. The van der Waals surface area contributed by atoms with E-state index < -0.39 is 10.9 Å². The Morgan fingerprint density at radius 1 is 1.60 bits per heavy atom. The van der Waals surface area contributed by atoms with Gasteiger partial charge in [0.15, 0.2) is 0 Å². The van der Waals surface area contributed by atoms with Crippen molar-refractivity contribution >= 4 is 27.6 Å². The highest BCUT2D eigenvalue weighted by Gasteiger charge is 2.21. The van der Waals surface area contributed by atoms with E-state index in [1.165, 1.54) is 19.1 Å². The Kier molecular flexibility index (Phi) is 3.41. The number of hydrogen-bond acceptors (Lipinski definition) is 3. The van der Waals surface area contributed by atoms with Crippen LogP contribution in [0, 0.1) is 17.0 Å². The second kappa shape index (κ2) is 4.39. The number of carboxylic acid groups (broad SMARTS) is 1. The van der Waals surface area contributed by atoms with Crippen LogP contribution in [0.5, 0.6) is 0 Å². The summed E-state index contributed by atoms with van der Waals surface area (Å²) in [6, 6.07) is 2.82. The Bertz CT molecular complexity index is 430. The molecule has 6 heteroatoms. The van der Waals surface area contributed by atoms with Crippen molar-refractivity contribution in [2.75, 3.05) is 0 Å². The van der Waals surface area contributed by atoms with E-state index >= 15 is 0 Å². The van der Waals surface area contributed by atoms with Crippen molar-refractivity contribution in [3.05, 3.63) is 38.9 Å². The van der Waals surface area contributed by atoms with E-state index in [9.17, 15) is 14.9 Å². The zero-order chi connectivity index (χ0) is 11.6. The van der Waals surface area contributed by atoms with Crippen LogP contribution in [0.1, 0.15) is 21.5 Å². The maximum absolute atomic E-state index is 10.8. The van der Waals surface area contributed by atoms with Crippen LogP contribution in [0.3, 0.4) is 0 Å². The SMILES string of the molecule is Cc1c(C(=O)O)ccc(CBr)c1[N+](=O)[O-]. The zero-order valence-electron chi connectivity index (χ0n) is 7.86. The molecule has 0 fully saturated rings. The van der Waals surface area contributed by atoms with Gasteiger partial charge in [0.25, 0.3) is 5.69 Å². The Morgan fingerprint density at radius 3 is 2.60 bits per heavy atom. The largest absolute Gasteiger partial charge is 0.478 e. The van der Waals surface area contributed by atoms with Crippen LogP contribution in [0.4, 0.5) is 5.69 Å². The molecule has 1 aromatic carbocycles. The molecule has 15 heavy (non-hydrogen) atoms. The molecule has 0 unspecified atom stereocenters. The van der Waals surface area contributed by atoms with Crippen molar-refractivity contribution in [2.24, 2.45) is 0 Å². The summed E-state index contributed by atoms with van der Waals surface area (Å²) in [6.45, 7) is 1.44. The second-order valence-electron chi connectivity index (χ2n) is 2.94. The fourth-order valence-electron chi connectivity index (χ4n) is 1.35. The Labute approximate surface area is 94.0 Å². The lowest BCUT2D eigenvalue weighted by molar-refractivity contribution is -0.386. The van der Waals surface area contributed by atoms with Crippen LogP contribution >= 0.6 is 15.9 Å². The van der Waals surface area contributed by atoms with Crippen molar-refractivity contribution in [1.29, 1.82) is 0 Å². The lowest BCUT2D eigenvalue weighted by atomic mass is 10.0. The van der Waals surface area contributed by atoms with E-state index in [4.69, 9.17) is 5.11 Å². The molecule has 0 aliphatic heterocycles. The van der Waals surface area contributed by atoms with Gasteiger partial charge >= 0.3 is 5.97 Å². The molecule has 0 aliphatic rings. The quantitative estimate of drug-likeness (QED) is 0.521. The maximum Gasteiger partial charge on any atom is 0.336 e. The number of carboxylic acids is 1. The van der Waals surface area contributed by atoms with Gasteiger partial charge in [-0.25, -0.2) is 4.79 Å². The predicted molar refractivity (Wildman–Crippen MR) is 57.4 cm³/mol. The van der Waals surface area contributed by atoms with Crippen molar-refractivity contribution in [3.63, 3.8) is 0 Å². The van der Waals surface area contributed by atoms with E-state index in [-0.39, 0.29) is 16.8 Å². The molecule has 5 nitrogen and oxygen atoms in total. The van der Waals surface area contributed by atoms with E-state index in [1.807, 2.05) is 0 Å². The number of benzene rings is 1. The topological polar surface area (TPSA) is 80.4 Å². The minimum atomic E-state index is -1.16. The minimum absolute atomic E-state index is 0.0357. The minimum Gasteiger partial charge on any atom is -0.478 e. The molecule has 0 heterocycles. The molecule has 0 saturated carbocycles. The first-order chi connectivity index (χ1) is 6.99. The highest BCUT2D eigenvalue weighted by molar-refractivity contribution is 9.08. The van der Waals surface area contributed by atoms with Crippen molar-refractivity contribution in [3.8, 4) is 0 Å². The summed E-state index contributed by atoms with van der Waals surface area (Å²) in [7, 11) is 0. The molecule has 80 valence electrons. The maximum atomic E-state index is 10.8. The number of alkyl halides is 1. The highest BCUT2D eigenvalue weighted by atomic mass is 79.9. The summed E-state index contributed by atoms with van der Waals surface area (Å²) in [6.07, 6.45) is 0. The fourth-order valence-corrected chi connectivity index (χ4v) is 1.80. The fraction of sp³-hybridized carbons (Fsp3) is 0.222. The van der Waals surface area contributed by atoms with Gasteiger partial charge in [0.1, 0.15) is 0 Å². The van der Waals surface area contributed by atoms with Gasteiger partial charge in [0.2, 0.25) is 0 Å². The predicted octanol–water partition coefficient (Wildman–Crippen LogP) is 2.50.